The van der Waals surface area contributed by atoms with Crippen LogP contribution < -0.4 is 0 Å². The summed E-state index contributed by atoms with van der Waals surface area (Å²) in [7, 11) is 0. The summed E-state index contributed by atoms with van der Waals surface area (Å²) in [5, 5.41) is 7.50. The van der Waals surface area contributed by atoms with Gasteiger partial charge in [-0.25, -0.2) is 4.79 Å². The summed E-state index contributed by atoms with van der Waals surface area (Å²) >= 11 is 0. The highest BCUT2D eigenvalue weighted by Gasteiger charge is 2.44. The predicted molar refractivity (Wildman–Crippen MR) is 59.4 cm³/mol. The van der Waals surface area contributed by atoms with Crippen LogP contribution in [0.5, 0.6) is 0 Å². The molecule has 1 fully saturated rings. The molecule has 1 saturated heterocycles. The van der Waals surface area contributed by atoms with Crippen molar-refractivity contribution in [3.05, 3.63) is 12.3 Å². The Morgan fingerprint density at radius 1 is 1.59 bits per heavy atom. The van der Waals surface area contributed by atoms with Crippen molar-refractivity contribution >= 4 is 6.09 Å². The average Bonchev–Trinajstić information content (AvgIpc) is 2.65. The molecule has 0 spiro atoms. The van der Waals surface area contributed by atoms with Gasteiger partial charge in [-0.15, -0.1) is 10.2 Å². The van der Waals surface area contributed by atoms with Gasteiger partial charge in [-0.05, 0) is 27.7 Å². The Morgan fingerprint density at radius 2 is 2.29 bits per heavy atom. The molecule has 2 heterocycles. The molecule has 0 saturated carbocycles. The lowest BCUT2D eigenvalue weighted by Gasteiger charge is -2.44. The van der Waals surface area contributed by atoms with Gasteiger partial charge in [-0.3, -0.25) is 0 Å². The van der Waals surface area contributed by atoms with Crippen LogP contribution >= 0.6 is 0 Å². The highest BCUT2D eigenvalue weighted by Crippen LogP contribution is 2.33. The monoisotopic (exact) mass is 239 g/mol. The third-order valence-corrected chi connectivity index (χ3v) is 2.79. The summed E-state index contributed by atoms with van der Waals surface area (Å²) in [5.74, 6) is 0.697. The zero-order valence-corrected chi connectivity index (χ0v) is 10.5. The lowest BCUT2D eigenvalue weighted by molar-refractivity contribution is -0.0132. The molecule has 0 aliphatic carbocycles. The lowest BCUT2D eigenvalue weighted by atomic mass is 9.90. The quantitative estimate of drug-likeness (QED) is 0.747. The summed E-state index contributed by atoms with van der Waals surface area (Å²) in [5.41, 5.74) is -0.466. The molecule has 94 valence electrons. The summed E-state index contributed by atoms with van der Waals surface area (Å²) in [6.07, 6.45) is 1.01. The number of rotatable bonds is 1. The first-order chi connectivity index (χ1) is 7.88. The Hall–Kier alpha value is -1.59. The largest absolute Gasteiger partial charge is 0.444 e. The van der Waals surface area contributed by atoms with E-state index in [1.54, 1.807) is 4.90 Å². The standard InChI is InChI=1S/C11H17N3O3/c1-7-8(9-13-12-6-16-9)5-14(7)10(15)17-11(2,3)4/h6-8H,5H2,1-4H3. The average molecular weight is 239 g/mol. The van der Waals surface area contributed by atoms with E-state index in [2.05, 4.69) is 10.2 Å². The van der Waals surface area contributed by atoms with Crippen molar-refractivity contribution in [3.63, 3.8) is 0 Å². The van der Waals surface area contributed by atoms with Crippen molar-refractivity contribution < 1.29 is 13.9 Å². The molecule has 0 aromatic carbocycles. The number of hydrogen-bond donors (Lipinski definition) is 0. The Bertz CT molecular complexity index is 397. The van der Waals surface area contributed by atoms with E-state index in [-0.39, 0.29) is 18.1 Å². The minimum absolute atomic E-state index is 0.0327. The van der Waals surface area contributed by atoms with Crippen LogP contribution in [0.4, 0.5) is 4.79 Å². The predicted octanol–water partition coefficient (Wildman–Crippen LogP) is 1.79. The fraction of sp³-hybridized carbons (Fsp3) is 0.727. The Balaban J connectivity index is 1.93. The smallest absolute Gasteiger partial charge is 0.410 e. The molecule has 6 nitrogen and oxygen atoms in total. The zero-order chi connectivity index (χ0) is 12.6. The van der Waals surface area contributed by atoms with Gasteiger partial charge in [0.05, 0.1) is 5.92 Å². The highest BCUT2D eigenvalue weighted by molar-refractivity contribution is 5.70. The van der Waals surface area contributed by atoms with Gasteiger partial charge >= 0.3 is 6.09 Å². The molecule has 1 amide bonds. The molecule has 17 heavy (non-hydrogen) atoms. The van der Waals surface area contributed by atoms with Crippen LogP contribution in [0.2, 0.25) is 0 Å². The van der Waals surface area contributed by atoms with Crippen molar-refractivity contribution in [1.29, 1.82) is 0 Å². The first-order valence-electron chi connectivity index (χ1n) is 5.64. The van der Waals surface area contributed by atoms with Crippen molar-refractivity contribution in [1.82, 2.24) is 15.1 Å². The van der Waals surface area contributed by atoms with Gasteiger partial charge in [0, 0.05) is 12.6 Å². The fourth-order valence-electron chi connectivity index (χ4n) is 1.80. The third-order valence-electron chi connectivity index (χ3n) is 2.79. The molecule has 1 aromatic heterocycles. The van der Waals surface area contributed by atoms with Crippen LogP contribution in [-0.4, -0.2) is 39.4 Å². The van der Waals surface area contributed by atoms with E-state index >= 15 is 0 Å². The molecule has 0 radical (unpaired) electrons. The van der Waals surface area contributed by atoms with Crippen LogP contribution in [-0.2, 0) is 4.74 Å². The first-order valence-corrected chi connectivity index (χ1v) is 5.64. The molecular weight excluding hydrogens is 222 g/mol. The van der Waals surface area contributed by atoms with E-state index in [1.807, 2.05) is 27.7 Å². The van der Waals surface area contributed by atoms with Crippen LogP contribution in [0.25, 0.3) is 0 Å². The van der Waals surface area contributed by atoms with E-state index < -0.39 is 5.60 Å². The molecule has 2 atom stereocenters. The van der Waals surface area contributed by atoms with E-state index in [1.165, 1.54) is 6.39 Å². The number of nitrogens with zero attached hydrogens (tertiary/aromatic N) is 3. The van der Waals surface area contributed by atoms with Crippen LogP contribution in [0.1, 0.15) is 39.5 Å². The Kier molecular flexibility index (Phi) is 2.81. The minimum Gasteiger partial charge on any atom is -0.444 e. The maximum Gasteiger partial charge on any atom is 0.410 e. The van der Waals surface area contributed by atoms with E-state index in [9.17, 15) is 4.79 Å². The number of hydrogen-bond acceptors (Lipinski definition) is 5. The van der Waals surface area contributed by atoms with E-state index in [0.717, 1.165) is 0 Å². The number of ether oxygens (including phenoxy) is 1. The Morgan fingerprint density at radius 3 is 2.76 bits per heavy atom. The number of amides is 1. The number of likely N-dealkylation sites (tertiary alicyclic amines) is 1. The maximum atomic E-state index is 11.8. The summed E-state index contributed by atoms with van der Waals surface area (Å²) in [4.78, 5) is 13.5. The van der Waals surface area contributed by atoms with Crippen LogP contribution in [0, 0.1) is 0 Å². The molecule has 0 bridgehead atoms. The van der Waals surface area contributed by atoms with Gasteiger partial charge in [0.25, 0.3) is 0 Å². The molecule has 2 rings (SSSR count). The normalized spacial score (nSPS) is 24.4. The summed E-state index contributed by atoms with van der Waals surface area (Å²) in [6.45, 7) is 8.07. The third kappa shape index (κ3) is 2.40. The second-order valence-corrected chi connectivity index (χ2v) is 5.26. The van der Waals surface area contributed by atoms with Crippen LogP contribution in [0.3, 0.4) is 0 Å². The van der Waals surface area contributed by atoms with Gasteiger partial charge in [-0.2, -0.15) is 0 Å². The molecule has 1 aliphatic heterocycles. The first kappa shape index (κ1) is 11.9. The fourth-order valence-corrected chi connectivity index (χ4v) is 1.80. The van der Waals surface area contributed by atoms with E-state index in [4.69, 9.17) is 9.15 Å². The number of aromatic nitrogens is 2. The molecule has 1 aliphatic rings. The molecule has 6 heteroatoms. The summed E-state index contributed by atoms with van der Waals surface area (Å²) < 4.78 is 10.4. The molecular formula is C11H17N3O3. The van der Waals surface area contributed by atoms with Crippen molar-refractivity contribution in [3.8, 4) is 0 Å². The minimum atomic E-state index is -0.466. The number of carbonyl (C=O) groups is 1. The highest BCUT2D eigenvalue weighted by atomic mass is 16.6. The van der Waals surface area contributed by atoms with Gasteiger partial charge in [-0.1, -0.05) is 0 Å². The second-order valence-electron chi connectivity index (χ2n) is 5.26. The summed E-state index contributed by atoms with van der Waals surface area (Å²) in [6, 6.07) is 0.0327. The topological polar surface area (TPSA) is 68.5 Å². The van der Waals surface area contributed by atoms with Gasteiger partial charge < -0.3 is 14.1 Å². The zero-order valence-electron chi connectivity index (χ0n) is 10.5. The van der Waals surface area contributed by atoms with Gasteiger partial charge in [0.2, 0.25) is 12.3 Å². The van der Waals surface area contributed by atoms with Crippen molar-refractivity contribution in [2.75, 3.05) is 6.54 Å². The lowest BCUT2D eigenvalue weighted by Crippen LogP contribution is -2.56. The molecule has 0 N–H and O–H groups in total. The molecule has 1 aromatic rings. The number of carbonyl (C=O) groups excluding carboxylic acids is 1. The Labute approximate surface area is 99.9 Å². The van der Waals surface area contributed by atoms with Crippen molar-refractivity contribution in [2.45, 2.75) is 45.3 Å². The van der Waals surface area contributed by atoms with Gasteiger partial charge in [0.15, 0.2) is 0 Å². The van der Waals surface area contributed by atoms with E-state index in [0.29, 0.717) is 12.4 Å². The van der Waals surface area contributed by atoms with Crippen LogP contribution in [0.15, 0.2) is 10.8 Å². The second kappa shape index (κ2) is 4.01. The maximum absolute atomic E-state index is 11.8. The molecule has 2 unspecified atom stereocenters. The van der Waals surface area contributed by atoms with Gasteiger partial charge in [0.1, 0.15) is 5.60 Å². The SMILES string of the molecule is CC1C(c2nnco2)CN1C(=O)OC(C)(C)C. The van der Waals surface area contributed by atoms with Crippen molar-refractivity contribution in [2.24, 2.45) is 0 Å².